The zero-order valence-electron chi connectivity index (χ0n) is 16.8. The summed E-state index contributed by atoms with van der Waals surface area (Å²) >= 11 is 1.28. The Morgan fingerprint density at radius 1 is 1.03 bits per heavy atom. The van der Waals surface area contributed by atoms with Gasteiger partial charge in [0.2, 0.25) is 11.1 Å². The van der Waals surface area contributed by atoms with Crippen LogP contribution in [0.5, 0.6) is 5.75 Å². The number of rotatable bonds is 7. The van der Waals surface area contributed by atoms with Crippen molar-refractivity contribution >= 4 is 34.1 Å². The number of H-pyrrole nitrogens is 1. The second kappa shape index (κ2) is 9.00. The summed E-state index contributed by atoms with van der Waals surface area (Å²) in [4.78, 5) is 16.8. The number of hydrogen-bond acceptors (Lipinski definition) is 5. The third-order valence-corrected chi connectivity index (χ3v) is 5.52. The van der Waals surface area contributed by atoms with Crippen LogP contribution in [-0.2, 0) is 11.4 Å². The summed E-state index contributed by atoms with van der Waals surface area (Å²) < 4.78 is 5.89. The Kier molecular flexibility index (Phi) is 5.99. The molecule has 2 N–H and O–H groups in total. The maximum atomic E-state index is 12.4. The summed E-state index contributed by atoms with van der Waals surface area (Å²) in [6, 6.07) is 19.8. The van der Waals surface area contributed by atoms with Crippen molar-refractivity contribution in [2.75, 3.05) is 11.1 Å². The first-order valence-corrected chi connectivity index (χ1v) is 10.6. The number of para-hydroxylation sites is 1. The number of carbonyl (C=O) groups excluding carboxylic acids is 1. The minimum absolute atomic E-state index is 0.102. The molecular weight excluding hydrogens is 396 g/mol. The van der Waals surface area contributed by atoms with Crippen LogP contribution in [0, 0.1) is 13.8 Å². The van der Waals surface area contributed by atoms with Crippen LogP contribution in [0.4, 0.5) is 5.69 Å². The molecule has 3 aromatic carbocycles. The summed E-state index contributed by atoms with van der Waals surface area (Å²) in [5.74, 6) is 1.60. The van der Waals surface area contributed by atoms with E-state index in [2.05, 4.69) is 20.5 Å². The van der Waals surface area contributed by atoms with E-state index in [1.807, 2.05) is 74.5 Å². The summed E-state index contributed by atoms with van der Waals surface area (Å²) in [5.41, 5.74) is 2.96. The smallest absolute Gasteiger partial charge is 0.234 e. The van der Waals surface area contributed by atoms with E-state index in [4.69, 9.17) is 4.74 Å². The van der Waals surface area contributed by atoms with Crippen LogP contribution < -0.4 is 10.1 Å². The van der Waals surface area contributed by atoms with Crippen molar-refractivity contribution in [3.8, 4) is 5.75 Å². The molecule has 0 aliphatic heterocycles. The number of hydrogen-bond donors (Lipinski definition) is 2. The highest BCUT2D eigenvalue weighted by Gasteiger charge is 2.11. The fourth-order valence-electron chi connectivity index (χ4n) is 3.23. The van der Waals surface area contributed by atoms with E-state index in [1.54, 1.807) is 0 Å². The average Bonchev–Trinajstić information content (AvgIpc) is 3.20. The zero-order valence-corrected chi connectivity index (χ0v) is 17.6. The molecule has 7 heteroatoms. The Labute approximate surface area is 179 Å². The van der Waals surface area contributed by atoms with Crippen LogP contribution in [0.25, 0.3) is 10.8 Å². The number of aromatic nitrogens is 3. The minimum atomic E-state index is -0.102. The van der Waals surface area contributed by atoms with Crippen molar-refractivity contribution < 1.29 is 9.53 Å². The van der Waals surface area contributed by atoms with Crippen molar-refractivity contribution in [1.82, 2.24) is 15.2 Å². The van der Waals surface area contributed by atoms with Gasteiger partial charge in [0.05, 0.1) is 5.75 Å². The van der Waals surface area contributed by atoms with E-state index in [0.29, 0.717) is 17.6 Å². The van der Waals surface area contributed by atoms with E-state index < -0.39 is 0 Å². The summed E-state index contributed by atoms with van der Waals surface area (Å²) in [5, 5.41) is 12.6. The maximum Gasteiger partial charge on any atom is 0.234 e. The lowest BCUT2D eigenvalue weighted by molar-refractivity contribution is -0.113. The first kappa shape index (κ1) is 20.0. The standard InChI is InChI=1S/C23H22N4O2S/c1-15-7-5-8-16(2)22(15)29-13-20-25-23(27-26-20)30-14-21(28)24-19-12-6-10-17-9-3-4-11-18(17)19/h3-12H,13-14H2,1-2H3,(H,24,28)(H,25,26,27). The zero-order chi connectivity index (χ0) is 20.9. The Bertz CT molecular complexity index is 1160. The van der Waals surface area contributed by atoms with Gasteiger partial charge >= 0.3 is 0 Å². The number of anilines is 1. The molecule has 6 nitrogen and oxygen atoms in total. The lowest BCUT2D eigenvalue weighted by Crippen LogP contribution is -2.14. The van der Waals surface area contributed by atoms with E-state index >= 15 is 0 Å². The first-order valence-electron chi connectivity index (χ1n) is 9.61. The molecule has 0 saturated heterocycles. The summed E-state index contributed by atoms with van der Waals surface area (Å²) in [7, 11) is 0. The van der Waals surface area contributed by atoms with E-state index in [-0.39, 0.29) is 11.7 Å². The monoisotopic (exact) mass is 418 g/mol. The van der Waals surface area contributed by atoms with Gasteiger partial charge in [0.15, 0.2) is 5.82 Å². The number of thioether (sulfide) groups is 1. The molecule has 0 bridgehead atoms. The number of amides is 1. The number of carbonyl (C=O) groups is 1. The van der Waals surface area contributed by atoms with E-state index in [0.717, 1.165) is 33.3 Å². The molecule has 152 valence electrons. The summed E-state index contributed by atoms with van der Waals surface area (Å²) in [6.07, 6.45) is 0. The number of nitrogens with one attached hydrogen (secondary N) is 2. The lowest BCUT2D eigenvalue weighted by Gasteiger charge is -2.10. The SMILES string of the molecule is Cc1cccc(C)c1OCc1nc(SCC(=O)Nc2cccc3ccccc23)n[nH]1. The molecule has 0 spiro atoms. The molecule has 0 aliphatic rings. The highest BCUT2D eigenvalue weighted by Crippen LogP contribution is 2.24. The third-order valence-electron chi connectivity index (χ3n) is 4.67. The molecule has 0 saturated carbocycles. The number of benzene rings is 3. The topological polar surface area (TPSA) is 79.9 Å². The van der Waals surface area contributed by atoms with Crippen molar-refractivity contribution in [2.45, 2.75) is 25.6 Å². The Morgan fingerprint density at radius 3 is 2.60 bits per heavy atom. The van der Waals surface area contributed by atoms with Crippen molar-refractivity contribution in [3.63, 3.8) is 0 Å². The van der Waals surface area contributed by atoms with Gasteiger partial charge in [-0.2, -0.15) is 0 Å². The van der Waals surface area contributed by atoms with Crippen LogP contribution in [0.2, 0.25) is 0 Å². The molecule has 1 aromatic heterocycles. The number of aryl methyl sites for hydroxylation is 2. The van der Waals surface area contributed by atoms with Crippen molar-refractivity contribution in [1.29, 1.82) is 0 Å². The predicted octanol–water partition coefficient (Wildman–Crippen LogP) is 4.88. The lowest BCUT2D eigenvalue weighted by atomic mass is 10.1. The van der Waals surface area contributed by atoms with E-state index in [1.165, 1.54) is 11.8 Å². The highest BCUT2D eigenvalue weighted by atomic mass is 32.2. The Morgan fingerprint density at radius 2 is 1.77 bits per heavy atom. The molecular formula is C23H22N4O2S. The molecule has 1 amide bonds. The van der Waals surface area contributed by atoms with Crippen LogP contribution in [0.1, 0.15) is 17.0 Å². The van der Waals surface area contributed by atoms with Gasteiger partial charge < -0.3 is 10.1 Å². The molecule has 0 atom stereocenters. The van der Waals surface area contributed by atoms with Crippen LogP contribution in [0.3, 0.4) is 0 Å². The van der Waals surface area contributed by atoms with Gasteiger partial charge in [-0.25, -0.2) is 4.98 Å². The normalized spacial score (nSPS) is 10.9. The predicted molar refractivity (Wildman–Crippen MR) is 120 cm³/mol. The van der Waals surface area contributed by atoms with E-state index in [9.17, 15) is 4.79 Å². The molecule has 30 heavy (non-hydrogen) atoms. The molecule has 4 aromatic rings. The number of aromatic amines is 1. The van der Waals surface area contributed by atoms with Gasteiger partial charge in [0.1, 0.15) is 12.4 Å². The molecule has 1 heterocycles. The van der Waals surface area contributed by atoms with Crippen LogP contribution in [-0.4, -0.2) is 26.8 Å². The average molecular weight is 419 g/mol. The molecule has 0 radical (unpaired) electrons. The molecule has 0 aliphatic carbocycles. The van der Waals surface area contributed by atoms with Crippen LogP contribution >= 0.6 is 11.8 Å². The Hall–Kier alpha value is -3.32. The third kappa shape index (κ3) is 4.63. The maximum absolute atomic E-state index is 12.4. The number of fused-ring (bicyclic) bond motifs is 1. The minimum Gasteiger partial charge on any atom is -0.485 e. The van der Waals surface area contributed by atoms with Gasteiger partial charge in [-0.05, 0) is 36.4 Å². The first-order chi connectivity index (χ1) is 14.6. The van der Waals surface area contributed by atoms with Crippen LogP contribution in [0.15, 0.2) is 65.8 Å². The fourth-order valence-corrected chi connectivity index (χ4v) is 3.84. The number of ether oxygens (including phenoxy) is 1. The quantitative estimate of drug-likeness (QED) is 0.418. The van der Waals surface area contributed by atoms with Crippen molar-refractivity contribution in [3.05, 3.63) is 77.6 Å². The fraction of sp³-hybridized carbons (Fsp3) is 0.174. The number of nitrogens with zero attached hydrogens (tertiary/aromatic N) is 2. The highest BCUT2D eigenvalue weighted by molar-refractivity contribution is 7.99. The molecule has 4 rings (SSSR count). The van der Waals surface area contributed by atoms with Gasteiger partial charge in [-0.1, -0.05) is 66.4 Å². The second-order valence-electron chi connectivity index (χ2n) is 6.94. The van der Waals surface area contributed by atoms with Gasteiger partial charge in [0.25, 0.3) is 0 Å². The second-order valence-corrected chi connectivity index (χ2v) is 7.88. The van der Waals surface area contributed by atoms with Gasteiger partial charge in [-0.15, -0.1) is 5.10 Å². The molecule has 0 fully saturated rings. The van der Waals surface area contributed by atoms with Crippen molar-refractivity contribution in [2.24, 2.45) is 0 Å². The van der Waals surface area contributed by atoms with Gasteiger partial charge in [-0.3, -0.25) is 9.89 Å². The summed E-state index contributed by atoms with van der Waals surface area (Å²) in [6.45, 7) is 4.32. The van der Waals surface area contributed by atoms with Gasteiger partial charge in [0, 0.05) is 11.1 Å². The largest absolute Gasteiger partial charge is 0.485 e. The Balaban J connectivity index is 1.32. The molecule has 0 unspecified atom stereocenters.